The van der Waals surface area contributed by atoms with E-state index in [2.05, 4.69) is 5.32 Å². The van der Waals surface area contributed by atoms with E-state index in [-0.39, 0.29) is 12.5 Å². The van der Waals surface area contributed by atoms with Gasteiger partial charge in [-0.05, 0) is 29.9 Å². The Bertz CT molecular complexity index is 572. The van der Waals surface area contributed by atoms with Crippen LogP contribution in [-0.2, 0) is 12.8 Å². The molecule has 1 aromatic carbocycles. The zero-order chi connectivity index (χ0) is 16.1. The molecule has 3 rings (SSSR count). The first-order valence-corrected chi connectivity index (χ1v) is 7.46. The zero-order valence-corrected chi connectivity index (χ0v) is 12.6. The van der Waals surface area contributed by atoms with E-state index in [1.807, 2.05) is 38.1 Å². The van der Waals surface area contributed by atoms with E-state index in [9.17, 15) is 18.0 Å². The molecule has 1 aromatic rings. The highest BCUT2D eigenvalue weighted by Crippen LogP contribution is 2.42. The van der Waals surface area contributed by atoms with Crippen LogP contribution >= 0.6 is 0 Å². The zero-order valence-electron chi connectivity index (χ0n) is 12.6. The Morgan fingerprint density at radius 2 is 1.77 bits per heavy atom. The van der Waals surface area contributed by atoms with E-state index in [0.717, 1.165) is 11.1 Å². The van der Waals surface area contributed by atoms with Crippen molar-refractivity contribution >= 4 is 6.03 Å². The highest BCUT2D eigenvalue weighted by atomic mass is 19.4. The lowest BCUT2D eigenvalue weighted by molar-refractivity contribution is -0.151. The Balaban J connectivity index is 1.93. The number of rotatable bonds is 2. The molecular formula is C16H19F3N2O. The number of amides is 2. The summed E-state index contributed by atoms with van der Waals surface area (Å²) in [4.78, 5) is 13.6. The van der Waals surface area contributed by atoms with Gasteiger partial charge >= 0.3 is 12.2 Å². The molecule has 0 radical (unpaired) electrons. The van der Waals surface area contributed by atoms with E-state index in [1.54, 1.807) is 0 Å². The van der Waals surface area contributed by atoms with Gasteiger partial charge in [-0.3, -0.25) is 0 Å². The molecule has 1 atom stereocenters. The van der Waals surface area contributed by atoms with E-state index in [0.29, 0.717) is 12.8 Å². The number of hydrogen-bond acceptors (Lipinski definition) is 1. The number of urea groups is 1. The lowest BCUT2D eigenvalue weighted by Crippen LogP contribution is -2.55. The molecule has 1 fully saturated rings. The van der Waals surface area contributed by atoms with E-state index in [4.69, 9.17) is 0 Å². The van der Waals surface area contributed by atoms with Gasteiger partial charge in [0.25, 0.3) is 0 Å². The maximum atomic E-state index is 12.9. The predicted octanol–water partition coefficient (Wildman–Crippen LogP) is 3.14. The third kappa shape index (κ3) is 2.25. The second-order valence-corrected chi connectivity index (χ2v) is 6.53. The van der Waals surface area contributed by atoms with Gasteiger partial charge in [-0.1, -0.05) is 38.1 Å². The number of fused-ring (bicyclic) bond motifs is 1. The number of carbonyl (C=O) groups is 1. The fourth-order valence-corrected chi connectivity index (χ4v) is 3.64. The van der Waals surface area contributed by atoms with Crippen LogP contribution in [0.15, 0.2) is 24.3 Å². The molecule has 1 N–H and O–H groups in total. The molecular weight excluding hydrogens is 293 g/mol. The molecule has 1 unspecified atom stereocenters. The summed E-state index contributed by atoms with van der Waals surface area (Å²) in [5.74, 6) is 0.0673. The summed E-state index contributed by atoms with van der Waals surface area (Å²) in [5, 5.41) is 2.09. The fourth-order valence-electron chi connectivity index (χ4n) is 3.64. The van der Waals surface area contributed by atoms with Crippen LogP contribution in [-0.4, -0.2) is 35.2 Å². The molecule has 2 aliphatic rings. The summed E-state index contributed by atoms with van der Waals surface area (Å²) in [7, 11) is 0. The number of alkyl halides is 3. The molecule has 0 spiro atoms. The Morgan fingerprint density at radius 3 is 2.18 bits per heavy atom. The van der Waals surface area contributed by atoms with Crippen molar-refractivity contribution in [3.8, 4) is 0 Å². The van der Waals surface area contributed by atoms with Crippen LogP contribution in [0.5, 0.6) is 0 Å². The van der Waals surface area contributed by atoms with Crippen LogP contribution in [0.3, 0.4) is 0 Å². The van der Waals surface area contributed by atoms with E-state index in [1.165, 1.54) is 4.90 Å². The van der Waals surface area contributed by atoms with Crippen molar-refractivity contribution in [3.63, 3.8) is 0 Å². The average Bonchev–Trinajstić information content (AvgIpc) is 2.99. The molecule has 0 saturated carbocycles. The number of nitrogens with zero attached hydrogens (tertiary/aromatic N) is 1. The first-order valence-electron chi connectivity index (χ1n) is 7.46. The smallest absolute Gasteiger partial charge is 0.324 e. The van der Waals surface area contributed by atoms with E-state index < -0.39 is 23.8 Å². The monoisotopic (exact) mass is 312 g/mol. The van der Waals surface area contributed by atoms with Gasteiger partial charge in [-0.2, -0.15) is 13.2 Å². The maximum absolute atomic E-state index is 12.9. The summed E-state index contributed by atoms with van der Waals surface area (Å²) < 4.78 is 38.8. The minimum Gasteiger partial charge on any atom is -0.324 e. The van der Waals surface area contributed by atoms with Gasteiger partial charge in [0, 0.05) is 0 Å². The van der Waals surface area contributed by atoms with Crippen LogP contribution in [0.25, 0.3) is 0 Å². The molecule has 6 heteroatoms. The van der Waals surface area contributed by atoms with Crippen molar-refractivity contribution in [2.24, 2.45) is 5.92 Å². The normalized spacial score (nSPS) is 23.8. The average molecular weight is 312 g/mol. The maximum Gasteiger partial charge on any atom is 0.410 e. The fraction of sp³-hybridized carbons (Fsp3) is 0.562. The summed E-state index contributed by atoms with van der Waals surface area (Å²) >= 11 is 0. The van der Waals surface area contributed by atoms with Crippen LogP contribution in [0.1, 0.15) is 25.0 Å². The van der Waals surface area contributed by atoms with Crippen LogP contribution in [0.4, 0.5) is 18.0 Å². The van der Waals surface area contributed by atoms with Crippen LogP contribution in [0, 0.1) is 5.92 Å². The Hall–Kier alpha value is -1.72. The largest absolute Gasteiger partial charge is 0.410 e. The summed E-state index contributed by atoms with van der Waals surface area (Å²) in [6.07, 6.45) is -3.19. The summed E-state index contributed by atoms with van der Waals surface area (Å²) in [5.41, 5.74) is 1.67. The minimum atomic E-state index is -4.41. The SMILES string of the molecule is CC(C)C1(N2CC(C(F)(F)F)NC2=O)Cc2ccccc2C1. The van der Waals surface area contributed by atoms with Gasteiger partial charge in [0.05, 0.1) is 12.1 Å². The van der Waals surface area contributed by atoms with Gasteiger partial charge in [-0.15, -0.1) is 0 Å². The highest BCUT2D eigenvalue weighted by Gasteiger charge is 2.54. The molecule has 0 aromatic heterocycles. The van der Waals surface area contributed by atoms with Crippen molar-refractivity contribution < 1.29 is 18.0 Å². The molecule has 2 amide bonds. The molecule has 1 heterocycles. The van der Waals surface area contributed by atoms with Crippen molar-refractivity contribution in [3.05, 3.63) is 35.4 Å². The quantitative estimate of drug-likeness (QED) is 0.894. The van der Waals surface area contributed by atoms with Gasteiger partial charge in [-0.25, -0.2) is 4.79 Å². The standard InChI is InChI=1S/C16H19F3N2O/c1-10(2)15(7-11-5-3-4-6-12(11)8-15)21-9-13(16(17,18)19)20-14(21)22/h3-6,10,13H,7-9H2,1-2H3,(H,20,22). The van der Waals surface area contributed by atoms with Gasteiger partial charge < -0.3 is 10.2 Å². The van der Waals surface area contributed by atoms with Crippen LogP contribution < -0.4 is 5.32 Å². The summed E-state index contributed by atoms with van der Waals surface area (Å²) in [6.45, 7) is 3.63. The van der Waals surface area contributed by atoms with Crippen molar-refractivity contribution in [1.29, 1.82) is 0 Å². The number of benzene rings is 1. The first-order chi connectivity index (χ1) is 10.2. The summed E-state index contributed by atoms with van der Waals surface area (Å²) in [6, 6.07) is 5.46. The lowest BCUT2D eigenvalue weighted by Gasteiger charge is -2.41. The molecule has 3 nitrogen and oxygen atoms in total. The van der Waals surface area contributed by atoms with Crippen molar-refractivity contribution in [2.75, 3.05) is 6.54 Å². The second-order valence-electron chi connectivity index (χ2n) is 6.53. The highest BCUT2D eigenvalue weighted by molar-refractivity contribution is 5.78. The van der Waals surface area contributed by atoms with Gasteiger partial charge in [0.1, 0.15) is 6.04 Å². The molecule has 1 aliphatic heterocycles. The first kappa shape index (κ1) is 15.2. The van der Waals surface area contributed by atoms with Gasteiger partial charge in [0.15, 0.2) is 0 Å². The lowest BCUT2D eigenvalue weighted by atomic mass is 9.82. The third-order valence-corrected chi connectivity index (χ3v) is 5.03. The minimum absolute atomic E-state index is 0.0673. The number of nitrogens with one attached hydrogen (secondary N) is 1. The third-order valence-electron chi connectivity index (χ3n) is 5.03. The predicted molar refractivity (Wildman–Crippen MR) is 76.5 cm³/mol. The molecule has 22 heavy (non-hydrogen) atoms. The number of hydrogen-bond donors (Lipinski definition) is 1. The van der Waals surface area contributed by atoms with Gasteiger partial charge in [0.2, 0.25) is 0 Å². The van der Waals surface area contributed by atoms with Crippen molar-refractivity contribution in [1.82, 2.24) is 10.2 Å². The van der Waals surface area contributed by atoms with Crippen LogP contribution in [0.2, 0.25) is 0 Å². The Kier molecular flexibility index (Phi) is 3.38. The number of carbonyl (C=O) groups excluding carboxylic acids is 1. The topological polar surface area (TPSA) is 32.3 Å². The molecule has 0 bridgehead atoms. The number of halogens is 3. The van der Waals surface area contributed by atoms with Crippen molar-refractivity contribution in [2.45, 2.75) is 44.4 Å². The second kappa shape index (κ2) is 4.89. The van der Waals surface area contributed by atoms with E-state index >= 15 is 0 Å². The molecule has 1 aliphatic carbocycles. The molecule has 1 saturated heterocycles. The Morgan fingerprint density at radius 1 is 1.23 bits per heavy atom. The Labute approximate surface area is 127 Å². The molecule has 120 valence electrons.